The monoisotopic (exact) mass is 316 g/mol. The van der Waals surface area contributed by atoms with Crippen LogP contribution in [0.2, 0.25) is 0 Å². The third-order valence-corrected chi connectivity index (χ3v) is 3.37. The van der Waals surface area contributed by atoms with E-state index in [1.165, 1.54) is 6.07 Å². The zero-order valence-electron chi connectivity index (χ0n) is 10.8. The van der Waals surface area contributed by atoms with Gasteiger partial charge in [-0.1, -0.05) is 13.8 Å². The van der Waals surface area contributed by atoms with Gasteiger partial charge in [0, 0.05) is 11.7 Å². The molecule has 0 radical (unpaired) electrons. The first kappa shape index (κ1) is 15.0. The van der Waals surface area contributed by atoms with Gasteiger partial charge in [-0.25, -0.2) is 4.39 Å². The van der Waals surface area contributed by atoms with Gasteiger partial charge < -0.3 is 10.6 Å². The second kappa shape index (κ2) is 6.73. The van der Waals surface area contributed by atoms with Crippen LogP contribution in [-0.2, 0) is 4.79 Å². The van der Waals surface area contributed by atoms with Crippen LogP contribution in [0.1, 0.15) is 20.8 Å². The topological polar surface area (TPSA) is 41.1 Å². The highest BCUT2D eigenvalue weighted by Gasteiger charge is 2.10. The standard InChI is InChI=1S/C13H18BrFN2O/c1-8(2)9(3)17-13(18)7-16-10-4-5-12(15)11(14)6-10/h4-6,8-9,16H,7H2,1-3H3,(H,17,18). The Hall–Kier alpha value is -1.10. The molecule has 1 aromatic carbocycles. The van der Waals surface area contributed by atoms with Crippen molar-refractivity contribution in [2.75, 3.05) is 11.9 Å². The van der Waals surface area contributed by atoms with Crippen LogP contribution in [-0.4, -0.2) is 18.5 Å². The van der Waals surface area contributed by atoms with Gasteiger partial charge in [-0.3, -0.25) is 4.79 Å². The molecule has 2 N–H and O–H groups in total. The van der Waals surface area contributed by atoms with Crippen LogP contribution in [0.5, 0.6) is 0 Å². The molecule has 0 aliphatic heterocycles. The summed E-state index contributed by atoms with van der Waals surface area (Å²) in [5.74, 6) is 0.00370. The number of halogens is 2. The predicted molar refractivity (Wildman–Crippen MR) is 75.0 cm³/mol. The third kappa shape index (κ3) is 4.64. The molecule has 100 valence electrons. The summed E-state index contributed by atoms with van der Waals surface area (Å²) in [6.45, 7) is 6.25. The molecule has 1 atom stereocenters. The molecule has 1 rings (SSSR count). The van der Waals surface area contributed by atoms with Crippen LogP contribution in [0, 0.1) is 11.7 Å². The average molecular weight is 317 g/mol. The van der Waals surface area contributed by atoms with Gasteiger partial charge in [0.15, 0.2) is 0 Å². The number of amides is 1. The lowest BCUT2D eigenvalue weighted by Crippen LogP contribution is -2.39. The highest BCUT2D eigenvalue weighted by atomic mass is 79.9. The normalized spacial score (nSPS) is 12.3. The summed E-state index contributed by atoms with van der Waals surface area (Å²) in [6, 6.07) is 4.69. The van der Waals surface area contributed by atoms with E-state index in [0.29, 0.717) is 16.1 Å². The van der Waals surface area contributed by atoms with Gasteiger partial charge in [0.05, 0.1) is 11.0 Å². The lowest BCUT2D eigenvalue weighted by Gasteiger charge is -2.17. The third-order valence-electron chi connectivity index (χ3n) is 2.76. The zero-order valence-corrected chi connectivity index (χ0v) is 12.3. The largest absolute Gasteiger partial charge is 0.376 e. The van der Waals surface area contributed by atoms with E-state index in [4.69, 9.17) is 0 Å². The van der Waals surface area contributed by atoms with Crippen LogP contribution >= 0.6 is 15.9 Å². The fourth-order valence-electron chi connectivity index (χ4n) is 1.26. The van der Waals surface area contributed by atoms with E-state index >= 15 is 0 Å². The van der Waals surface area contributed by atoms with Gasteiger partial charge in [0.2, 0.25) is 5.91 Å². The number of carbonyl (C=O) groups excluding carboxylic acids is 1. The molecule has 1 amide bonds. The minimum atomic E-state index is -0.321. The summed E-state index contributed by atoms with van der Waals surface area (Å²) in [7, 11) is 0. The van der Waals surface area contributed by atoms with Gasteiger partial charge in [-0.2, -0.15) is 0 Å². The van der Waals surface area contributed by atoms with Crippen molar-refractivity contribution in [1.29, 1.82) is 0 Å². The zero-order chi connectivity index (χ0) is 13.7. The van der Waals surface area contributed by atoms with Gasteiger partial charge in [-0.05, 0) is 47.0 Å². The van der Waals surface area contributed by atoms with Crippen molar-refractivity contribution in [3.8, 4) is 0 Å². The maximum Gasteiger partial charge on any atom is 0.239 e. The number of rotatable bonds is 5. The predicted octanol–water partition coefficient (Wildman–Crippen LogP) is 3.16. The first-order chi connectivity index (χ1) is 8.40. The molecule has 1 aromatic rings. The van der Waals surface area contributed by atoms with Gasteiger partial charge in [0.25, 0.3) is 0 Å². The molecule has 0 saturated carbocycles. The molecule has 0 heterocycles. The van der Waals surface area contributed by atoms with Crippen molar-refractivity contribution in [3.63, 3.8) is 0 Å². The Morgan fingerprint density at radius 2 is 2.06 bits per heavy atom. The molecule has 0 bridgehead atoms. The summed E-state index contributed by atoms with van der Waals surface area (Å²) in [5, 5.41) is 5.84. The van der Waals surface area contributed by atoms with E-state index in [0.717, 1.165) is 0 Å². The Labute approximate surface area is 115 Å². The van der Waals surface area contributed by atoms with Crippen LogP contribution in [0.4, 0.5) is 10.1 Å². The molecule has 0 aliphatic carbocycles. The second-order valence-electron chi connectivity index (χ2n) is 4.58. The molecule has 1 unspecified atom stereocenters. The highest BCUT2D eigenvalue weighted by Crippen LogP contribution is 2.19. The summed E-state index contributed by atoms with van der Waals surface area (Å²) < 4.78 is 13.4. The van der Waals surface area contributed by atoms with Crippen LogP contribution in [0.25, 0.3) is 0 Å². The van der Waals surface area contributed by atoms with E-state index in [1.807, 2.05) is 6.92 Å². The van der Waals surface area contributed by atoms with E-state index < -0.39 is 0 Å². The number of hydrogen-bond donors (Lipinski definition) is 2. The molecular formula is C13H18BrFN2O. The molecule has 0 aliphatic rings. The van der Waals surface area contributed by atoms with Crippen molar-refractivity contribution in [2.24, 2.45) is 5.92 Å². The Morgan fingerprint density at radius 3 is 2.61 bits per heavy atom. The Kier molecular flexibility index (Phi) is 5.59. The first-order valence-electron chi connectivity index (χ1n) is 5.88. The fourth-order valence-corrected chi connectivity index (χ4v) is 1.64. The van der Waals surface area contributed by atoms with Crippen molar-refractivity contribution >= 4 is 27.5 Å². The van der Waals surface area contributed by atoms with E-state index in [2.05, 4.69) is 40.4 Å². The maximum absolute atomic E-state index is 13.0. The summed E-state index contributed by atoms with van der Waals surface area (Å²) in [5.41, 5.74) is 0.704. The lowest BCUT2D eigenvalue weighted by atomic mass is 10.1. The van der Waals surface area contributed by atoms with E-state index in [1.54, 1.807) is 12.1 Å². The van der Waals surface area contributed by atoms with Gasteiger partial charge in [-0.15, -0.1) is 0 Å². The molecule has 5 heteroatoms. The Morgan fingerprint density at radius 1 is 1.39 bits per heavy atom. The lowest BCUT2D eigenvalue weighted by molar-refractivity contribution is -0.120. The quantitative estimate of drug-likeness (QED) is 0.876. The van der Waals surface area contributed by atoms with Crippen molar-refractivity contribution in [2.45, 2.75) is 26.8 Å². The SMILES string of the molecule is CC(C)C(C)NC(=O)CNc1ccc(F)c(Br)c1. The Balaban J connectivity index is 2.45. The summed E-state index contributed by atoms with van der Waals surface area (Å²) >= 11 is 3.10. The second-order valence-corrected chi connectivity index (χ2v) is 5.44. The van der Waals surface area contributed by atoms with Crippen molar-refractivity contribution in [3.05, 3.63) is 28.5 Å². The van der Waals surface area contributed by atoms with Crippen LogP contribution in [0.15, 0.2) is 22.7 Å². The number of carbonyl (C=O) groups is 1. The molecule has 0 spiro atoms. The van der Waals surface area contributed by atoms with Crippen molar-refractivity contribution < 1.29 is 9.18 Å². The fraction of sp³-hybridized carbons (Fsp3) is 0.462. The number of hydrogen-bond acceptors (Lipinski definition) is 2. The van der Waals surface area contributed by atoms with Crippen molar-refractivity contribution in [1.82, 2.24) is 5.32 Å². The number of nitrogens with one attached hydrogen (secondary N) is 2. The molecule has 18 heavy (non-hydrogen) atoms. The molecule has 0 aromatic heterocycles. The van der Waals surface area contributed by atoms with Crippen LogP contribution in [0.3, 0.4) is 0 Å². The molecule has 0 fully saturated rings. The molecule has 0 saturated heterocycles. The van der Waals surface area contributed by atoms with Gasteiger partial charge >= 0.3 is 0 Å². The van der Waals surface area contributed by atoms with E-state index in [-0.39, 0.29) is 24.3 Å². The van der Waals surface area contributed by atoms with Crippen LogP contribution < -0.4 is 10.6 Å². The molecular weight excluding hydrogens is 299 g/mol. The average Bonchev–Trinajstić information content (AvgIpc) is 2.30. The minimum absolute atomic E-state index is 0.0725. The maximum atomic E-state index is 13.0. The molecule has 3 nitrogen and oxygen atoms in total. The highest BCUT2D eigenvalue weighted by molar-refractivity contribution is 9.10. The van der Waals surface area contributed by atoms with E-state index in [9.17, 15) is 9.18 Å². The smallest absolute Gasteiger partial charge is 0.239 e. The number of benzene rings is 1. The summed E-state index contributed by atoms with van der Waals surface area (Å²) in [6.07, 6.45) is 0. The van der Waals surface area contributed by atoms with Gasteiger partial charge in [0.1, 0.15) is 5.82 Å². The minimum Gasteiger partial charge on any atom is -0.376 e. The Bertz CT molecular complexity index is 423. The number of anilines is 1. The first-order valence-corrected chi connectivity index (χ1v) is 6.67. The summed E-state index contributed by atoms with van der Waals surface area (Å²) in [4.78, 5) is 11.6.